The molecule has 0 fully saturated rings. The second kappa shape index (κ2) is 4.93. The largest absolute Gasteiger partial charge is 0.427 e. The molecule has 1 aliphatic rings. The molecule has 0 spiro atoms. The number of hydrogen-bond donors (Lipinski definition) is 0. The maximum Gasteiger partial charge on any atom is 0.308 e. The predicted molar refractivity (Wildman–Crippen MR) is 75.0 cm³/mol. The van der Waals surface area contributed by atoms with Crippen LogP contribution in [-0.2, 0) is 4.79 Å². The first kappa shape index (κ1) is 12.6. The molecule has 3 rings (SSSR count). The zero-order chi connectivity index (χ0) is 14.1. The molecule has 0 bridgehead atoms. The van der Waals surface area contributed by atoms with Gasteiger partial charge in [0.1, 0.15) is 5.75 Å². The highest BCUT2D eigenvalue weighted by atomic mass is 16.5. The normalized spacial score (nSPS) is 16.9. The van der Waals surface area contributed by atoms with E-state index in [4.69, 9.17) is 4.74 Å². The number of carbonyl (C=O) groups excluding carboxylic acids is 2. The van der Waals surface area contributed by atoms with E-state index in [2.05, 4.69) is 0 Å². The SMILES string of the molecule is CC(=O)Oc1ccc2c(c1)C(=O)CC2c1ccccc1. The highest BCUT2D eigenvalue weighted by molar-refractivity contribution is 6.02. The summed E-state index contributed by atoms with van der Waals surface area (Å²) in [7, 11) is 0. The molecule has 2 aromatic rings. The summed E-state index contributed by atoms with van der Waals surface area (Å²) in [4.78, 5) is 23.1. The smallest absolute Gasteiger partial charge is 0.308 e. The number of carbonyl (C=O) groups is 2. The molecule has 100 valence electrons. The number of hydrogen-bond acceptors (Lipinski definition) is 3. The first-order valence-electron chi connectivity index (χ1n) is 6.55. The maximum atomic E-state index is 12.1. The average molecular weight is 266 g/mol. The monoisotopic (exact) mass is 266 g/mol. The second-order valence-electron chi connectivity index (χ2n) is 4.93. The van der Waals surface area contributed by atoms with Crippen molar-refractivity contribution in [2.24, 2.45) is 0 Å². The summed E-state index contributed by atoms with van der Waals surface area (Å²) < 4.78 is 5.04. The number of benzene rings is 2. The number of Topliss-reactive ketones (excluding diaryl/α,β-unsaturated/α-hetero) is 1. The van der Waals surface area contributed by atoms with Gasteiger partial charge in [-0.3, -0.25) is 9.59 Å². The van der Waals surface area contributed by atoms with Gasteiger partial charge in [-0.05, 0) is 23.3 Å². The highest BCUT2D eigenvalue weighted by Gasteiger charge is 2.30. The summed E-state index contributed by atoms with van der Waals surface area (Å²) in [6.07, 6.45) is 0.475. The van der Waals surface area contributed by atoms with E-state index >= 15 is 0 Å². The molecule has 2 aromatic carbocycles. The van der Waals surface area contributed by atoms with Gasteiger partial charge in [0.25, 0.3) is 0 Å². The topological polar surface area (TPSA) is 43.4 Å². The third kappa shape index (κ3) is 2.23. The Hall–Kier alpha value is -2.42. The van der Waals surface area contributed by atoms with Crippen LogP contribution in [-0.4, -0.2) is 11.8 Å². The molecule has 0 N–H and O–H groups in total. The molecule has 0 saturated heterocycles. The Kier molecular flexibility index (Phi) is 3.11. The van der Waals surface area contributed by atoms with Crippen LogP contribution >= 0.6 is 0 Å². The summed E-state index contributed by atoms with van der Waals surface area (Å²) in [6, 6.07) is 15.3. The van der Waals surface area contributed by atoms with Crippen molar-refractivity contribution in [3.05, 3.63) is 65.2 Å². The van der Waals surface area contributed by atoms with E-state index in [-0.39, 0.29) is 17.7 Å². The molecule has 3 nitrogen and oxygen atoms in total. The van der Waals surface area contributed by atoms with Gasteiger partial charge in [-0.25, -0.2) is 0 Å². The van der Waals surface area contributed by atoms with Crippen molar-refractivity contribution in [1.82, 2.24) is 0 Å². The molecule has 1 aliphatic carbocycles. The van der Waals surface area contributed by atoms with Crippen LogP contribution in [0.25, 0.3) is 0 Å². The molecule has 1 atom stereocenters. The molecule has 0 aromatic heterocycles. The van der Waals surface area contributed by atoms with Gasteiger partial charge in [-0.1, -0.05) is 36.4 Å². The lowest BCUT2D eigenvalue weighted by molar-refractivity contribution is -0.131. The molecular formula is C17H14O3. The van der Waals surface area contributed by atoms with E-state index in [0.717, 1.165) is 11.1 Å². The van der Waals surface area contributed by atoms with Gasteiger partial charge in [-0.15, -0.1) is 0 Å². The van der Waals surface area contributed by atoms with E-state index in [1.165, 1.54) is 6.92 Å². The van der Waals surface area contributed by atoms with Gasteiger partial charge < -0.3 is 4.74 Å². The van der Waals surface area contributed by atoms with Crippen LogP contribution in [0.3, 0.4) is 0 Å². The minimum atomic E-state index is -0.380. The lowest BCUT2D eigenvalue weighted by Gasteiger charge is -2.11. The minimum Gasteiger partial charge on any atom is -0.427 e. The average Bonchev–Trinajstić information content (AvgIpc) is 2.76. The summed E-state index contributed by atoms with van der Waals surface area (Å²) in [5.74, 6) is 0.251. The van der Waals surface area contributed by atoms with E-state index in [1.807, 2.05) is 36.4 Å². The van der Waals surface area contributed by atoms with E-state index in [0.29, 0.717) is 17.7 Å². The molecule has 1 unspecified atom stereocenters. The second-order valence-corrected chi connectivity index (χ2v) is 4.93. The van der Waals surface area contributed by atoms with Gasteiger partial charge in [-0.2, -0.15) is 0 Å². The van der Waals surface area contributed by atoms with Crippen molar-refractivity contribution in [1.29, 1.82) is 0 Å². The van der Waals surface area contributed by atoms with Gasteiger partial charge in [0.15, 0.2) is 5.78 Å². The lowest BCUT2D eigenvalue weighted by atomic mass is 9.93. The molecule has 0 saturated carbocycles. The van der Waals surface area contributed by atoms with Gasteiger partial charge in [0, 0.05) is 24.8 Å². The summed E-state index contributed by atoms with van der Waals surface area (Å²) in [5, 5.41) is 0. The van der Waals surface area contributed by atoms with Crippen molar-refractivity contribution in [2.75, 3.05) is 0 Å². The minimum absolute atomic E-state index is 0.0999. The van der Waals surface area contributed by atoms with Crippen molar-refractivity contribution in [2.45, 2.75) is 19.3 Å². The van der Waals surface area contributed by atoms with Gasteiger partial charge >= 0.3 is 5.97 Å². The van der Waals surface area contributed by atoms with Crippen LogP contribution in [0.1, 0.15) is 40.7 Å². The van der Waals surface area contributed by atoms with Crippen LogP contribution in [0.15, 0.2) is 48.5 Å². The molecular weight excluding hydrogens is 252 g/mol. The zero-order valence-corrected chi connectivity index (χ0v) is 11.1. The van der Waals surface area contributed by atoms with Crippen LogP contribution in [0.2, 0.25) is 0 Å². The Morgan fingerprint density at radius 2 is 1.90 bits per heavy atom. The quantitative estimate of drug-likeness (QED) is 0.618. The van der Waals surface area contributed by atoms with Crippen molar-refractivity contribution < 1.29 is 14.3 Å². The molecule has 20 heavy (non-hydrogen) atoms. The summed E-state index contributed by atoms with van der Waals surface area (Å²) >= 11 is 0. The van der Waals surface area contributed by atoms with E-state index in [1.54, 1.807) is 12.1 Å². The Labute approximate surface area is 117 Å². The molecule has 0 radical (unpaired) electrons. The fourth-order valence-corrected chi connectivity index (χ4v) is 2.70. The molecule has 0 amide bonds. The maximum absolute atomic E-state index is 12.1. The third-order valence-electron chi connectivity index (χ3n) is 3.55. The Bertz CT molecular complexity index is 674. The molecule has 3 heteroatoms. The number of esters is 1. The van der Waals surface area contributed by atoms with Crippen LogP contribution in [0.4, 0.5) is 0 Å². The number of rotatable bonds is 2. The van der Waals surface area contributed by atoms with E-state index in [9.17, 15) is 9.59 Å². The Balaban J connectivity index is 2.00. The van der Waals surface area contributed by atoms with Crippen molar-refractivity contribution in [3.63, 3.8) is 0 Å². The fraction of sp³-hybridized carbons (Fsp3) is 0.176. The van der Waals surface area contributed by atoms with Gasteiger partial charge in [0.05, 0.1) is 0 Å². The first-order valence-corrected chi connectivity index (χ1v) is 6.55. The number of ether oxygens (including phenoxy) is 1. The highest BCUT2D eigenvalue weighted by Crippen LogP contribution is 2.39. The van der Waals surface area contributed by atoms with Crippen molar-refractivity contribution in [3.8, 4) is 5.75 Å². The summed E-state index contributed by atoms with van der Waals surface area (Å²) in [5.41, 5.74) is 2.81. The Morgan fingerprint density at radius 3 is 2.60 bits per heavy atom. The van der Waals surface area contributed by atoms with Crippen molar-refractivity contribution >= 4 is 11.8 Å². The van der Waals surface area contributed by atoms with Crippen LogP contribution in [0.5, 0.6) is 5.75 Å². The molecule has 0 aliphatic heterocycles. The van der Waals surface area contributed by atoms with Gasteiger partial charge in [0.2, 0.25) is 0 Å². The van der Waals surface area contributed by atoms with Crippen LogP contribution < -0.4 is 4.74 Å². The number of ketones is 1. The first-order chi connectivity index (χ1) is 9.65. The fourth-order valence-electron chi connectivity index (χ4n) is 2.70. The third-order valence-corrected chi connectivity index (χ3v) is 3.55. The summed E-state index contributed by atoms with van der Waals surface area (Å²) in [6.45, 7) is 1.35. The van der Waals surface area contributed by atoms with Crippen LogP contribution in [0, 0.1) is 0 Å². The van der Waals surface area contributed by atoms with E-state index < -0.39 is 0 Å². The predicted octanol–water partition coefficient (Wildman–Crippen LogP) is 3.33. The zero-order valence-electron chi connectivity index (χ0n) is 11.1. The molecule has 0 heterocycles. The number of fused-ring (bicyclic) bond motifs is 1. The standard InChI is InChI=1S/C17H14O3/c1-11(18)20-13-7-8-14-15(10-17(19)16(14)9-13)12-5-3-2-4-6-12/h2-9,15H,10H2,1H3. The lowest BCUT2D eigenvalue weighted by Crippen LogP contribution is -2.02. The Morgan fingerprint density at radius 1 is 1.15 bits per heavy atom.